The number of carbonyl (C=O) groups excluding carboxylic acids is 1. The standard InChI is InChI=1S/C24H17F4NO4/c25-18-6-2-7-19(26)16(18)12-29(13-17-20(27)8-3-9-21(17)28)15-5-1-4-14(10-15)22(30)11-23(31)24(32)33/h1-11,30H,12-13H2,(H,32,33)/b22-11-. The predicted octanol–water partition coefficient (Wildman–Crippen LogP) is 5.00. The van der Waals surface area contributed by atoms with Gasteiger partial charge in [0.1, 0.15) is 29.0 Å². The zero-order chi connectivity index (χ0) is 24.1. The molecule has 0 unspecified atom stereocenters. The average Bonchev–Trinajstić information content (AvgIpc) is 2.77. The van der Waals surface area contributed by atoms with E-state index in [9.17, 15) is 32.3 Å². The lowest BCUT2D eigenvalue weighted by atomic mass is 10.1. The van der Waals surface area contributed by atoms with Crippen LogP contribution >= 0.6 is 0 Å². The number of carboxylic acids is 1. The van der Waals surface area contributed by atoms with Gasteiger partial charge in [-0.15, -0.1) is 0 Å². The summed E-state index contributed by atoms with van der Waals surface area (Å²) in [4.78, 5) is 23.4. The number of carboxylic acid groups (broad SMARTS) is 1. The number of rotatable bonds is 8. The molecule has 0 aliphatic carbocycles. The Morgan fingerprint density at radius 3 is 1.67 bits per heavy atom. The van der Waals surface area contributed by atoms with Gasteiger partial charge in [0.15, 0.2) is 0 Å². The van der Waals surface area contributed by atoms with E-state index in [-0.39, 0.29) is 22.4 Å². The molecule has 0 amide bonds. The molecule has 0 aliphatic heterocycles. The maximum Gasteiger partial charge on any atom is 0.376 e. The van der Waals surface area contributed by atoms with Gasteiger partial charge in [0.2, 0.25) is 0 Å². The van der Waals surface area contributed by atoms with Crippen molar-refractivity contribution in [2.24, 2.45) is 0 Å². The van der Waals surface area contributed by atoms with Crippen LogP contribution in [0.4, 0.5) is 23.2 Å². The summed E-state index contributed by atoms with van der Waals surface area (Å²) in [5.41, 5.74) is -0.489. The summed E-state index contributed by atoms with van der Waals surface area (Å²) < 4.78 is 57.2. The zero-order valence-corrected chi connectivity index (χ0v) is 16.9. The molecular weight excluding hydrogens is 442 g/mol. The van der Waals surface area contributed by atoms with E-state index < -0.39 is 53.9 Å². The minimum atomic E-state index is -1.77. The first-order valence-corrected chi connectivity index (χ1v) is 9.56. The van der Waals surface area contributed by atoms with Gasteiger partial charge in [-0.1, -0.05) is 24.3 Å². The van der Waals surface area contributed by atoms with Gasteiger partial charge in [-0.2, -0.15) is 0 Å². The van der Waals surface area contributed by atoms with Crippen LogP contribution < -0.4 is 4.90 Å². The minimum Gasteiger partial charge on any atom is -0.507 e. The molecule has 9 heteroatoms. The Morgan fingerprint density at radius 1 is 0.758 bits per heavy atom. The average molecular weight is 459 g/mol. The molecule has 0 saturated carbocycles. The largest absolute Gasteiger partial charge is 0.507 e. The third kappa shape index (κ3) is 5.57. The van der Waals surface area contributed by atoms with Crippen LogP contribution in [-0.4, -0.2) is 22.0 Å². The molecule has 3 rings (SSSR count). The van der Waals surface area contributed by atoms with E-state index in [4.69, 9.17) is 5.11 Å². The van der Waals surface area contributed by atoms with Gasteiger partial charge in [-0.05, 0) is 36.4 Å². The number of carbonyl (C=O) groups is 2. The Kier molecular flexibility index (Phi) is 7.12. The fourth-order valence-electron chi connectivity index (χ4n) is 3.12. The van der Waals surface area contributed by atoms with Crippen LogP contribution in [0.2, 0.25) is 0 Å². The molecule has 0 radical (unpaired) electrons. The monoisotopic (exact) mass is 459 g/mol. The van der Waals surface area contributed by atoms with E-state index in [1.807, 2.05) is 0 Å². The Morgan fingerprint density at radius 2 is 1.21 bits per heavy atom. The predicted molar refractivity (Wildman–Crippen MR) is 112 cm³/mol. The maximum atomic E-state index is 14.3. The molecule has 0 atom stereocenters. The Hall–Kier alpha value is -4.14. The highest BCUT2D eigenvalue weighted by Gasteiger charge is 2.19. The van der Waals surface area contributed by atoms with Gasteiger partial charge in [-0.25, -0.2) is 22.4 Å². The maximum absolute atomic E-state index is 14.3. The summed E-state index contributed by atoms with van der Waals surface area (Å²) in [6, 6.07) is 12.1. The van der Waals surface area contributed by atoms with Gasteiger partial charge in [0, 0.05) is 41.5 Å². The number of nitrogens with zero attached hydrogens (tertiary/aromatic N) is 1. The number of ketones is 1. The highest BCUT2D eigenvalue weighted by molar-refractivity contribution is 6.38. The quantitative estimate of drug-likeness (QED) is 0.215. The van der Waals surface area contributed by atoms with E-state index in [1.54, 1.807) is 0 Å². The van der Waals surface area contributed by atoms with Crippen LogP contribution in [0.25, 0.3) is 5.76 Å². The van der Waals surface area contributed by atoms with Crippen LogP contribution in [0.1, 0.15) is 16.7 Å². The number of aliphatic carboxylic acids is 1. The number of halogens is 4. The van der Waals surface area contributed by atoms with Crippen LogP contribution in [0.15, 0.2) is 66.7 Å². The van der Waals surface area contributed by atoms with E-state index in [2.05, 4.69) is 0 Å². The molecule has 0 heterocycles. The molecule has 170 valence electrons. The number of hydrogen-bond donors (Lipinski definition) is 2. The fourth-order valence-corrected chi connectivity index (χ4v) is 3.12. The Bertz CT molecular complexity index is 1150. The van der Waals surface area contributed by atoms with Gasteiger partial charge >= 0.3 is 5.97 Å². The number of anilines is 1. The van der Waals surface area contributed by atoms with Crippen molar-refractivity contribution in [1.82, 2.24) is 0 Å². The molecule has 0 spiro atoms. The summed E-state index contributed by atoms with van der Waals surface area (Å²) in [5, 5.41) is 18.8. The summed E-state index contributed by atoms with van der Waals surface area (Å²) in [5.74, 6) is -7.25. The van der Waals surface area contributed by atoms with Crippen molar-refractivity contribution in [2.75, 3.05) is 4.90 Å². The summed E-state index contributed by atoms with van der Waals surface area (Å²) >= 11 is 0. The second-order valence-electron chi connectivity index (χ2n) is 7.01. The van der Waals surface area contributed by atoms with Crippen molar-refractivity contribution in [1.29, 1.82) is 0 Å². The molecule has 0 saturated heterocycles. The van der Waals surface area contributed by atoms with E-state index in [0.29, 0.717) is 6.08 Å². The minimum absolute atomic E-state index is 0.00936. The molecule has 2 N–H and O–H groups in total. The van der Waals surface area contributed by atoms with Crippen LogP contribution in [0.3, 0.4) is 0 Å². The van der Waals surface area contributed by atoms with Gasteiger partial charge in [0.25, 0.3) is 5.78 Å². The molecule has 3 aromatic carbocycles. The third-order valence-corrected chi connectivity index (χ3v) is 4.81. The van der Waals surface area contributed by atoms with Gasteiger partial charge in [0.05, 0.1) is 0 Å². The number of benzene rings is 3. The first-order valence-electron chi connectivity index (χ1n) is 9.56. The second kappa shape index (κ2) is 9.99. The molecule has 33 heavy (non-hydrogen) atoms. The van der Waals surface area contributed by atoms with Gasteiger partial charge < -0.3 is 15.1 Å². The summed E-state index contributed by atoms with van der Waals surface area (Å²) in [6.07, 6.45) is 0.499. The van der Waals surface area contributed by atoms with Gasteiger partial charge in [-0.3, -0.25) is 4.79 Å². The number of aliphatic hydroxyl groups is 1. The summed E-state index contributed by atoms with van der Waals surface area (Å²) in [6.45, 7) is -0.845. The lowest BCUT2D eigenvalue weighted by Gasteiger charge is -2.26. The molecule has 3 aromatic rings. The highest BCUT2D eigenvalue weighted by atomic mass is 19.1. The van der Waals surface area contributed by atoms with Crippen molar-refractivity contribution in [3.05, 3.63) is 107 Å². The first-order chi connectivity index (χ1) is 15.7. The van der Waals surface area contributed by atoms with Crippen LogP contribution in [-0.2, 0) is 22.7 Å². The molecular formula is C24H17F4NO4. The zero-order valence-electron chi connectivity index (χ0n) is 16.9. The fraction of sp³-hybridized carbons (Fsp3) is 0.0833. The van der Waals surface area contributed by atoms with Crippen molar-refractivity contribution in [2.45, 2.75) is 13.1 Å². The number of hydrogen-bond acceptors (Lipinski definition) is 4. The normalized spacial score (nSPS) is 11.3. The molecule has 0 fully saturated rings. The SMILES string of the molecule is O=C(O)C(=O)/C=C(\O)c1cccc(N(Cc2c(F)cccc2F)Cc2c(F)cccc2F)c1. The summed E-state index contributed by atoms with van der Waals surface area (Å²) in [7, 11) is 0. The lowest BCUT2D eigenvalue weighted by molar-refractivity contribution is -0.146. The second-order valence-corrected chi connectivity index (χ2v) is 7.01. The van der Waals surface area contributed by atoms with Crippen molar-refractivity contribution in [3.8, 4) is 0 Å². The van der Waals surface area contributed by atoms with Crippen LogP contribution in [0.5, 0.6) is 0 Å². The Balaban J connectivity index is 2.06. The third-order valence-electron chi connectivity index (χ3n) is 4.81. The van der Waals surface area contributed by atoms with Crippen molar-refractivity contribution >= 4 is 23.2 Å². The smallest absolute Gasteiger partial charge is 0.376 e. The first kappa shape index (κ1) is 23.5. The van der Waals surface area contributed by atoms with E-state index >= 15 is 0 Å². The molecule has 5 nitrogen and oxygen atoms in total. The Labute approximate surface area is 185 Å². The highest BCUT2D eigenvalue weighted by Crippen LogP contribution is 2.27. The van der Waals surface area contributed by atoms with Crippen molar-refractivity contribution in [3.63, 3.8) is 0 Å². The van der Waals surface area contributed by atoms with E-state index in [1.165, 1.54) is 41.3 Å². The molecule has 0 aromatic heterocycles. The topological polar surface area (TPSA) is 77.8 Å². The van der Waals surface area contributed by atoms with E-state index in [0.717, 1.165) is 24.3 Å². The lowest BCUT2D eigenvalue weighted by Crippen LogP contribution is -2.25. The van der Waals surface area contributed by atoms with Crippen molar-refractivity contribution < 1.29 is 37.4 Å². The molecule has 0 bridgehead atoms. The number of aliphatic hydroxyl groups excluding tert-OH is 1. The molecule has 0 aliphatic rings. The van der Waals surface area contributed by atoms with Crippen LogP contribution in [0, 0.1) is 23.3 Å².